The summed E-state index contributed by atoms with van der Waals surface area (Å²) in [6.07, 6.45) is -0.0924. The minimum absolute atomic E-state index is 0.0313. The van der Waals surface area contributed by atoms with Crippen LogP contribution in [0.15, 0.2) is 77.8 Å². The highest BCUT2D eigenvalue weighted by atomic mass is 35.5. The first-order chi connectivity index (χ1) is 16.8. The Bertz CT molecular complexity index is 1320. The molecule has 10 heteroatoms. The van der Waals surface area contributed by atoms with E-state index in [1.807, 2.05) is 0 Å². The number of hydrogen-bond acceptors (Lipinski definition) is 5. The highest BCUT2D eigenvalue weighted by Gasteiger charge is 2.36. The number of carbonyl (C=O) groups excluding carboxylic acids is 2. The number of benzene rings is 3. The summed E-state index contributed by atoms with van der Waals surface area (Å²) in [6.45, 7) is 0.153. The second kappa shape index (κ2) is 10.7. The third kappa shape index (κ3) is 6.26. The van der Waals surface area contributed by atoms with Crippen molar-refractivity contribution >= 4 is 57.7 Å². The molecule has 1 aliphatic heterocycles. The molecule has 1 saturated heterocycles. The summed E-state index contributed by atoms with van der Waals surface area (Å²) in [5, 5.41) is 11.8. The number of amidine groups is 1. The number of rotatable bonds is 6. The third-order valence-corrected chi connectivity index (χ3v) is 6.52. The van der Waals surface area contributed by atoms with Crippen molar-refractivity contribution in [1.29, 1.82) is 0 Å². The van der Waals surface area contributed by atoms with Crippen LogP contribution in [-0.4, -0.2) is 38.2 Å². The molecule has 1 fully saturated rings. The van der Waals surface area contributed by atoms with Crippen molar-refractivity contribution in [2.75, 3.05) is 5.32 Å². The van der Waals surface area contributed by atoms with E-state index >= 15 is 0 Å². The van der Waals surface area contributed by atoms with Gasteiger partial charge in [-0.25, -0.2) is 14.2 Å². The van der Waals surface area contributed by atoms with Gasteiger partial charge in [0.2, 0.25) is 11.8 Å². The van der Waals surface area contributed by atoms with Crippen molar-refractivity contribution < 1.29 is 23.9 Å². The maximum atomic E-state index is 13.3. The number of anilines is 1. The number of aromatic carboxylic acids is 1. The molecule has 0 spiro atoms. The van der Waals surface area contributed by atoms with Gasteiger partial charge < -0.3 is 10.4 Å². The molecule has 2 amide bonds. The summed E-state index contributed by atoms with van der Waals surface area (Å²) in [5.74, 6) is -2.28. The van der Waals surface area contributed by atoms with Gasteiger partial charge in [-0.2, -0.15) is 0 Å². The highest BCUT2D eigenvalue weighted by molar-refractivity contribution is 8.15. The van der Waals surface area contributed by atoms with E-state index in [0.717, 1.165) is 11.8 Å². The lowest BCUT2D eigenvalue weighted by molar-refractivity contribution is -0.129. The number of carboxylic acids is 1. The van der Waals surface area contributed by atoms with Crippen LogP contribution in [0.3, 0.4) is 0 Å². The van der Waals surface area contributed by atoms with Crippen molar-refractivity contribution in [2.24, 2.45) is 4.99 Å². The van der Waals surface area contributed by atoms with Crippen LogP contribution in [0.5, 0.6) is 0 Å². The van der Waals surface area contributed by atoms with Crippen molar-refractivity contribution in [3.8, 4) is 0 Å². The van der Waals surface area contributed by atoms with Crippen LogP contribution in [0.1, 0.15) is 22.3 Å². The standard InChI is InChI=1S/C25H19ClFN3O4S/c26-17-4-2-6-20(12-17)29-25-30(14-15-7-9-18(27)10-8-15)22(31)13-21(35-25)23(32)28-19-5-1-3-16(11-19)24(33)34/h1-12,21H,13-14H2,(H,28,32)(H,33,34). The fourth-order valence-electron chi connectivity index (χ4n) is 3.38. The molecular formula is C25H19ClFN3O4S. The zero-order chi connectivity index (χ0) is 24.9. The fourth-order valence-corrected chi connectivity index (χ4v) is 4.66. The molecule has 1 atom stereocenters. The summed E-state index contributed by atoms with van der Waals surface area (Å²) in [7, 11) is 0. The monoisotopic (exact) mass is 511 g/mol. The minimum Gasteiger partial charge on any atom is -0.478 e. The largest absolute Gasteiger partial charge is 0.478 e. The number of aliphatic imine (C=N–C) groups is 1. The van der Waals surface area contributed by atoms with E-state index in [0.29, 0.717) is 27.1 Å². The van der Waals surface area contributed by atoms with E-state index in [-0.39, 0.29) is 30.3 Å². The molecule has 0 radical (unpaired) electrons. The van der Waals surface area contributed by atoms with Gasteiger partial charge in [0.1, 0.15) is 11.1 Å². The number of nitrogens with one attached hydrogen (secondary N) is 1. The van der Waals surface area contributed by atoms with Crippen LogP contribution in [0.4, 0.5) is 15.8 Å². The molecule has 35 heavy (non-hydrogen) atoms. The van der Waals surface area contributed by atoms with E-state index in [9.17, 15) is 23.9 Å². The molecule has 0 aliphatic carbocycles. The van der Waals surface area contributed by atoms with E-state index < -0.39 is 17.1 Å². The SMILES string of the molecule is O=C(O)c1cccc(NC(=O)C2CC(=O)N(Cc3ccc(F)cc3)C(=Nc3cccc(Cl)c3)S2)c1. The van der Waals surface area contributed by atoms with Gasteiger partial charge in [-0.15, -0.1) is 0 Å². The first-order valence-electron chi connectivity index (χ1n) is 10.5. The van der Waals surface area contributed by atoms with Crippen LogP contribution in [0.2, 0.25) is 5.02 Å². The minimum atomic E-state index is -1.12. The topological polar surface area (TPSA) is 99.1 Å². The molecule has 7 nitrogen and oxygen atoms in total. The van der Waals surface area contributed by atoms with Gasteiger partial charge in [0.05, 0.1) is 17.8 Å². The number of carboxylic acid groups (broad SMARTS) is 1. The molecule has 1 unspecified atom stereocenters. The van der Waals surface area contributed by atoms with Gasteiger partial charge in [-0.3, -0.25) is 14.5 Å². The normalized spacial score (nSPS) is 16.9. The number of thioether (sulfide) groups is 1. The summed E-state index contributed by atoms with van der Waals surface area (Å²) >= 11 is 7.19. The van der Waals surface area contributed by atoms with E-state index in [1.54, 1.807) is 42.5 Å². The molecule has 178 valence electrons. The van der Waals surface area contributed by atoms with Gasteiger partial charge in [0.15, 0.2) is 5.17 Å². The van der Waals surface area contributed by atoms with Gasteiger partial charge in [0.25, 0.3) is 0 Å². The number of amides is 2. The Morgan fingerprint density at radius 2 is 1.86 bits per heavy atom. The molecule has 0 aromatic heterocycles. The second-order valence-corrected chi connectivity index (χ2v) is 9.27. The highest BCUT2D eigenvalue weighted by Crippen LogP contribution is 2.31. The summed E-state index contributed by atoms with van der Waals surface area (Å²) in [5.41, 5.74) is 1.55. The van der Waals surface area contributed by atoms with Crippen molar-refractivity contribution in [1.82, 2.24) is 4.90 Å². The quantitative estimate of drug-likeness (QED) is 0.465. The summed E-state index contributed by atoms with van der Waals surface area (Å²) < 4.78 is 13.3. The van der Waals surface area contributed by atoms with Gasteiger partial charge in [0, 0.05) is 17.1 Å². The molecule has 1 aliphatic rings. The Morgan fingerprint density at radius 1 is 1.11 bits per heavy atom. The number of halogens is 2. The lowest BCUT2D eigenvalue weighted by Crippen LogP contribution is -2.44. The van der Waals surface area contributed by atoms with E-state index in [1.165, 1.54) is 35.2 Å². The maximum Gasteiger partial charge on any atom is 0.335 e. The van der Waals surface area contributed by atoms with Crippen molar-refractivity contribution in [3.63, 3.8) is 0 Å². The van der Waals surface area contributed by atoms with E-state index in [2.05, 4.69) is 10.3 Å². The molecule has 2 N–H and O–H groups in total. The Morgan fingerprint density at radius 3 is 2.57 bits per heavy atom. The third-order valence-electron chi connectivity index (χ3n) is 5.10. The van der Waals surface area contributed by atoms with Crippen LogP contribution in [0, 0.1) is 5.82 Å². The predicted octanol–water partition coefficient (Wildman–Crippen LogP) is 5.34. The average Bonchev–Trinajstić information content (AvgIpc) is 2.82. The maximum absolute atomic E-state index is 13.3. The molecule has 3 aromatic carbocycles. The predicted molar refractivity (Wildman–Crippen MR) is 134 cm³/mol. The Hall–Kier alpha value is -3.69. The van der Waals surface area contributed by atoms with Crippen molar-refractivity contribution in [3.05, 3.63) is 94.8 Å². The Labute approximate surface area is 209 Å². The molecule has 0 bridgehead atoms. The fraction of sp³-hybridized carbons (Fsp3) is 0.120. The molecule has 1 heterocycles. The summed E-state index contributed by atoms with van der Waals surface area (Å²) in [6, 6.07) is 18.4. The van der Waals surface area contributed by atoms with Crippen LogP contribution >= 0.6 is 23.4 Å². The van der Waals surface area contributed by atoms with Crippen molar-refractivity contribution in [2.45, 2.75) is 18.2 Å². The number of nitrogens with zero attached hydrogens (tertiary/aromatic N) is 2. The zero-order valence-corrected chi connectivity index (χ0v) is 19.7. The molecule has 4 rings (SSSR count). The number of hydrogen-bond donors (Lipinski definition) is 2. The Kier molecular flexibility index (Phi) is 7.48. The lowest BCUT2D eigenvalue weighted by atomic mass is 10.1. The molecule has 0 saturated carbocycles. The van der Waals surface area contributed by atoms with Crippen LogP contribution in [0.25, 0.3) is 0 Å². The smallest absolute Gasteiger partial charge is 0.335 e. The second-order valence-electron chi connectivity index (χ2n) is 7.67. The lowest BCUT2D eigenvalue weighted by Gasteiger charge is -2.32. The Balaban J connectivity index is 1.59. The zero-order valence-electron chi connectivity index (χ0n) is 18.2. The van der Waals surface area contributed by atoms with E-state index in [4.69, 9.17) is 11.6 Å². The van der Waals surface area contributed by atoms with Gasteiger partial charge in [-0.1, -0.05) is 47.6 Å². The van der Waals surface area contributed by atoms with Crippen LogP contribution in [-0.2, 0) is 16.1 Å². The average molecular weight is 512 g/mol. The van der Waals surface area contributed by atoms with Gasteiger partial charge in [-0.05, 0) is 54.1 Å². The summed E-state index contributed by atoms with van der Waals surface area (Å²) in [4.78, 5) is 43.3. The van der Waals surface area contributed by atoms with Crippen LogP contribution < -0.4 is 5.32 Å². The first kappa shape index (κ1) is 24.4. The number of carbonyl (C=O) groups is 3. The first-order valence-corrected chi connectivity index (χ1v) is 11.7. The van der Waals surface area contributed by atoms with Gasteiger partial charge >= 0.3 is 5.97 Å². The molecular weight excluding hydrogens is 493 g/mol. The molecule has 3 aromatic rings.